The van der Waals surface area contributed by atoms with Crippen molar-refractivity contribution in [3.8, 4) is 0 Å². The first-order valence-corrected chi connectivity index (χ1v) is 6.21. The van der Waals surface area contributed by atoms with Crippen LogP contribution in [0.25, 0.3) is 0 Å². The van der Waals surface area contributed by atoms with E-state index in [0.717, 1.165) is 11.6 Å². The largest absolute Gasteiger partial charge is 0.399 e. The average Bonchev–Trinajstić information content (AvgIpc) is 2.83. The minimum absolute atomic E-state index is 0.0953. The second kappa shape index (κ2) is 4.59. The van der Waals surface area contributed by atoms with Crippen LogP contribution in [0, 0.1) is 11.6 Å². The molecule has 3 rings (SSSR count). The normalized spacial score (nSPS) is 13.4. The van der Waals surface area contributed by atoms with Gasteiger partial charge >= 0.3 is 0 Å². The molecule has 1 aliphatic rings. The fourth-order valence-corrected chi connectivity index (χ4v) is 2.42. The Balaban J connectivity index is 2.01. The van der Waals surface area contributed by atoms with Crippen molar-refractivity contribution in [1.82, 2.24) is 0 Å². The van der Waals surface area contributed by atoms with E-state index in [2.05, 4.69) is 0 Å². The van der Waals surface area contributed by atoms with Crippen LogP contribution < -0.4 is 10.6 Å². The van der Waals surface area contributed by atoms with Crippen LogP contribution in [-0.4, -0.2) is 12.5 Å². The standard InChI is InChI=1S/C15H12F2N2O/c16-10-2-1-9-5-6-19(14(9)7-10)15(20)12-8-11(18)3-4-13(12)17/h1-4,7-8H,5-6,18H2. The summed E-state index contributed by atoms with van der Waals surface area (Å²) in [6, 6.07) is 8.15. The summed E-state index contributed by atoms with van der Waals surface area (Å²) in [6.45, 7) is 0.409. The highest BCUT2D eigenvalue weighted by molar-refractivity contribution is 6.07. The number of hydrogen-bond donors (Lipinski definition) is 1. The first-order valence-electron chi connectivity index (χ1n) is 6.21. The average molecular weight is 274 g/mol. The number of anilines is 2. The summed E-state index contributed by atoms with van der Waals surface area (Å²) in [5.74, 6) is -1.55. The molecule has 0 spiro atoms. The summed E-state index contributed by atoms with van der Waals surface area (Å²) < 4.78 is 27.1. The predicted molar refractivity (Wildman–Crippen MR) is 72.6 cm³/mol. The number of hydrogen-bond acceptors (Lipinski definition) is 2. The van der Waals surface area contributed by atoms with Gasteiger partial charge in [0.15, 0.2) is 0 Å². The van der Waals surface area contributed by atoms with E-state index in [1.54, 1.807) is 6.07 Å². The van der Waals surface area contributed by atoms with Gasteiger partial charge in [-0.2, -0.15) is 0 Å². The maximum atomic E-state index is 13.8. The third-order valence-corrected chi connectivity index (χ3v) is 3.41. The van der Waals surface area contributed by atoms with Gasteiger partial charge in [0.05, 0.1) is 11.3 Å². The molecule has 0 unspecified atom stereocenters. The number of carbonyl (C=O) groups is 1. The van der Waals surface area contributed by atoms with Crippen molar-refractivity contribution < 1.29 is 13.6 Å². The van der Waals surface area contributed by atoms with Gasteiger partial charge < -0.3 is 10.6 Å². The van der Waals surface area contributed by atoms with Gasteiger partial charge in [0.2, 0.25) is 0 Å². The predicted octanol–water partition coefficient (Wildman–Crippen LogP) is 2.75. The lowest BCUT2D eigenvalue weighted by Gasteiger charge is -2.18. The zero-order chi connectivity index (χ0) is 14.3. The van der Waals surface area contributed by atoms with E-state index in [1.807, 2.05) is 0 Å². The number of fused-ring (bicyclic) bond motifs is 1. The van der Waals surface area contributed by atoms with Crippen molar-refractivity contribution in [1.29, 1.82) is 0 Å². The third-order valence-electron chi connectivity index (χ3n) is 3.41. The number of nitrogens with zero attached hydrogens (tertiary/aromatic N) is 1. The summed E-state index contributed by atoms with van der Waals surface area (Å²) in [5, 5.41) is 0. The molecule has 5 heteroatoms. The van der Waals surface area contributed by atoms with Gasteiger partial charge in [-0.1, -0.05) is 6.07 Å². The van der Waals surface area contributed by atoms with Crippen LogP contribution >= 0.6 is 0 Å². The van der Waals surface area contributed by atoms with E-state index in [0.29, 0.717) is 24.3 Å². The summed E-state index contributed by atoms with van der Waals surface area (Å²) in [6.07, 6.45) is 0.630. The van der Waals surface area contributed by atoms with Crippen molar-refractivity contribution in [2.75, 3.05) is 17.2 Å². The lowest BCUT2D eigenvalue weighted by Crippen LogP contribution is -2.29. The summed E-state index contributed by atoms with van der Waals surface area (Å²) in [5.41, 5.74) is 7.18. The van der Waals surface area contributed by atoms with Crippen molar-refractivity contribution in [3.05, 3.63) is 59.2 Å². The Hall–Kier alpha value is -2.43. The molecule has 20 heavy (non-hydrogen) atoms. The minimum Gasteiger partial charge on any atom is -0.399 e. The quantitative estimate of drug-likeness (QED) is 0.813. The molecule has 0 saturated carbocycles. The highest BCUT2D eigenvalue weighted by Gasteiger charge is 2.27. The number of carbonyl (C=O) groups excluding carboxylic acids is 1. The molecule has 0 atom stereocenters. The van der Waals surface area contributed by atoms with Crippen LogP contribution in [0.2, 0.25) is 0 Å². The molecule has 2 aromatic carbocycles. The number of halogens is 2. The van der Waals surface area contributed by atoms with Crippen LogP contribution in [0.3, 0.4) is 0 Å². The van der Waals surface area contributed by atoms with Crippen LogP contribution in [-0.2, 0) is 6.42 Å². The van der Waals surface area contributed by atoms with E-state index in [-0.39, 0.29) is 5.56 Å². The molecule has 1 aliphatic heterocycles. The highest BCUT2D eigenvalue weighted by atomic mass is 19.1. The Labute approximate surface area is 114 Å². The molecule has 0 radical (unpaired) electrons. The zero-order valence-electron chi connectivity index (χ0n) is 10.6. The first kappa shape index (κ1) is 12.6. The molecule has 0 bridgehead atoms. The topological polar surface area (TPSA) is 46.3 Å². The van der Waals surface area contributed by atoms with Crippen molar-refractivity contribution in [3.63, 3.8) is 0 Å². The number of nitrogen functional groups attached to an aromatic ring is 1. The third kappa shape index (κ3) is 2.01. The Bertz CT molecular complexity index is 700. The first-order chi connectivity index (χ1) is 9.56. The lowest BCUT2D eigenvalue weighted by molar-refractivity contribution is 0.0985. The SMILES string of the molecule is Nc1ccc(F)c(C(=O)N2CCc3ccc(F)cc32)c1. The second-order valence-corrected chi connectivity index (χ2v) is 4.72. The Morgan fingerprint density at radius 3 is 2.75 bits per heavy atom. The molecular formula is C15H12F2N2O. The van der Waals surface area contributed by atoms with E-state index < -0.39 is 17.5 Å². The van der Waals surface area contributed by atoms with Gasteiger partial charge in [-0.3, -0.25) is 4.79 Å². The molecule has 0 fully saturated rings. The maximum Gasteiger partial charge on any atom is 0.261 e. The van der Waals surface area contributed by atoms with Crippen molar-refractivity contribution >= 4 is 17.3 Å². The molecule has 1 amide bonds. The molecule has 2 aromatic rings. The number of rotatable bonds is 1. The monoisotopic (exact) mass is 274 g/mol. The van der Waals surface area contributed by atoms with E-state index >= 15 is 0 Å². The zero-order valence-corrected chi connectivity index (χ0v) is 10.6. The molecule has 102 valence electrons. The number of amides is 1. The molecular weight excluding hydrogens is 262 g/mol. The fraction of sp³-hybridized carbons (Fsp3) is 0.133. The van der Waals surface area contributed by atoms with Gasteiger partial charge in [-0.25, -0.2) is 8.78 Å². The Kier molecular flexibility index (Phi) is 2.89. The highest BCUT2D eigenvalue weighted by Crippen LogP contribution is 2.30. The van der Waals surface area contributed by atoms with Gasteiger partial charge in [0.1, 0.15) is 11.6 Å². The van der Waals surface area contributed by atoms with Crippen LogP contribution in [0.4, 0.5) is 20.2 Å². The molecule has 0 aliphatic carbocycles. The van der Waals surface area contributed by atoms with Crippen LogP contribution in [0.15, 0.2) is 36.4 Å². The van der Waals surface area contributed by atoms with Gasteiger partial charge in [-0.05, 0) is 42.3 Å². The molecule has 1 heterocycles. The Morgan fingerprint density at radius 1 is 1.15 bits per heavy atom. The molecule has 0 aromatic heterocycles. The van der Waals surface area contributed by atoms with E-state index in [1.165, 1.54) is 29.2 Å². The summed E-state index contributed by atoms with van der Waals surface area (Å²) >= 11 is 0. The van der Waals surface area contributed by atoms with Crippen LogP contribution in [0.1, 0.15) is 15.9 Å². The van der Waals surface area contributed by atoms with Gasteiger partial charge in [-0.15, -0.1) is 0 Å². The number of nitrogens with two attached hydrogens (primary N) is 1. The Morgan fingerprint density at radius 2 is 1.95 bits per heavy atom. The molecule has 2 N–H and O–H groups in total. The van der Waals surface area contributed by atoms with Gasteiger partial charge in [0.25, 0.3) is 5.91 Å². The minimum atomic E-state index is -0.631. The smallest absolute Gasteiger partial charge is 0.261 e. The fourth-order valence-electron chi connectivity index (χ4n) is 2.42. The lowest BCUT2D eigenvalue weighted by atomic mass is 10.1. The van der Waals surface area contributed by atoms with Gasteiger partial charge in [0, 0.05) is 12.2 Å². The summed E-state index contributed by atoms with van der Waals surface area (Å²) in [7, 11) is 0. The van der Waals surface area contributed by atoms with Crippen molar-refractivity contribution in [2.45, 2.75) is 6.42 Å². The molecule has 0 saturated heterocycles. The summed E-state index contributed by atoms with van der Waals surface area (Å²) in [4.78, 5) is 13.8. The number of benzene rings is 2. The molecule has 3 nitrogen and oxygen atoms in total. The van der Waals surface area contributed by atoms with E-state index in [9.17, 15) is 13.6 Å². The second-order valence-electron chi connectivity index (χ2n) is 4.72. The van der Waals surface area contributed by atoms with E-state index in [4.69, 9.17) is 5.73 Å². The van der Waals surface area contributed by atoms with Crippen molar-refractivity contribution in [2.24, 2.45) is 0 Å². The van der Waals surface area contributed by atoms with Crippen LogP contribution in [0.5, 0.6) is 0 Å². The maximum absolute atomic E-state index is 13.8.